The lowest BCUT2D eigenvalue weighted by atomic mass is 10.2. The van der Waals surface area contributed by atoms with E-state index in [9.17, 15) is 9.59 Å². The molecule has 4 nitrogen and oxygen atoms in total. The van der Waals surface area contributed by atoms with Crippen LogP contribution in [0.3, 0.4) is 0 Å². The molecule has 0 bridgehead atoms. The van der Waals surface area contributed by atoms with Gasteiger partial charge in [0.25, 0.3) is 11.8 Å². The average molecular weight is 328 g/mol. The van der Waals surface area contributed by atoms with E-state index in [0.29, 0.717) is 12.1 Å². The Hall–Kier alpha value is -2.40. The van der Waals surface area contributed by atoms with Crippen molar-refractivity contribution in [2.24, 2.45) is 0 Å². The summed E-state index contributed by atoms with van der Waals surface area (Å²) in [5.41, 5.74) is 0.781. The van der Waals surface area contributed by atoms with Gasteiger partial charge in [-0.2, -0.15) is 0 Å². The molecule has 2 rings (SSSR count). The van der Waals surface area contributed by atoms with E-state index in [-0.39, 0.29) is 17.5 Å². The third-order valence-electron chi connectivity index (χ3n) is 3.17. The zero-order chi connectivity index (χ0) is 16.5. The first kappa shape index (κ1) is 17.0. The fourth-order valence-corrected chi connectivity index (χ4v) is 2.59. The van der Waals surface area contributed by atoms with Crippen LogP contribution in [-0.4, -0.2) is 18.4 Å². The summed E-state index contributed by atoms with van der Waals surface area (Å²) in [6.07, 6.45) is 3.61. The molecule has 0 saturated carbocycles. The van der Waals surface area contributed by atoms with E-state index in [2.05, 4.69) is 17.6 Å². The summed E-state index contributed by atoms with van der Waals surface area (Å²) in [5, 5.41) is 7.48. The smallest absolute Gasteiger partial charge is 0.267 e. The van der Waals surface area contributed by atoms with Gasteiger partial charge < -0.3 is 10.6 Å². The fourth-order valence-electron chi connectivity index (χ4n) is 1.93. The second-order valence-electron chi connectivity index (χ2n) is 5.00. The summed E-state index contributed by atoms with van der Waals surface area (Å²) in [6.45, 7) is 2.66. The number of nitrogens with one attached hydrogen (secondary N) is 2. The van der Waals surface area contributed by atoms with E-state index in [1.165, 1.54) is 11.3 Å². The van der Waals surface area contributed by atoms with Crippen LogP contribution in [0.2, 0.25) is 0 Å². The maximum Gasteiger partial charge on any atom is 0.267 e. The molecule has 1 aromatic heterocycles. The molecule has 0 radical (unpaired) electrons. The molecule has 0 aliphatic heterocycles. The number of carbonyl (C=O) groups is 2. The lowest BCUT2D eigenvalue weighted by molar-refractivity contribution is -0.117. The fraction of sp³-hybridized carbons (Fsp3) is 0.222. The van der Waals surface area contributed by atoms with E-state index in [0.717, 1.165) is 17.7 Å². The first-order chi connectivity index (χ1) is 11.2. The van der Waals surface area contributed by atoms with Gasteiger partial charge in [-0.15, -0.1) is 11.3 Å². The van der Waals surface area contributed by atoms with Gasteiger partial charge in [0.05, 0.1) is 0 Å². The van der Waals surface area contributed by atoms with Crippen molar-refractivity contribution in [2.75, 3.05) is 6.54 Å². The minimum Gasteiger partial charge on any atom is -0.351 e. The molecule has 2 aromatic rings. The Morgan fingerprint density at radius 1 is 1.13 bits per heavy atom. The highest BCUT2D eigenvalue weighted by atomic mass is 32.1. The summed E-state index contributed by atoms with van der Waals surface area (Å²) >= 11 is 1.51. The molecule has 0 spiro atoms. The van der Waals surface area contributed by atoms with E-state index < -0.39 is 0 Å². The molecule has 0 saturated heterocycles. The lowest BCUT2D eigenvalue weighted by Gasteiger charge is -2.10. The van der Waals surface area contributed by atoms with Crippen molar-refractivity contribution in [1.82, 2.24) is 10.6 Å². The molecule has 2 N–H and O–H groups in total. The number of carbonyl (C=O) groups excluding carboxylic acids is 2. The van der Waals surface area contributed by atoms with Gasteiger partial charge >= 0.3 is 0 Å². The molecule has 2 amide bonds. The van der Waals surface area contributed by atoms with Gasteiger partial charge in [-0.05, 0) is 36.1 Å². The number of amides is 2. The Bertz CT molecular complexity index is 664. The maximum absolute atomic E-state index is 12.3. The van der Waals surface area contributed by atoms with E-state index in [1.54, 1.807) is 30.3 Å². The average Bonchev–Trinajstić information content (AvgIpc) is 3.08. The third kappa shape index (κ3) is 5.38. The number of thiophene rings is 1. The van der Waals surface area contributed by atoms with Crippen LogP contribution in [0.4, 0.5) is 0 Å². The van der Waals surface area contributed by atoms with Crippen LogP contribution >= 0.6 is 11.3 Å². The van der Waals surface area contributed by atoms with Crippen LogP contribution in [0.1, 0.15) is 35.0 Å². The van der Waals surface area contributed by atoms with E-state index in [1.807, 2.05) is 23.6 Å². The first-order valence-corrected chi connectivity index (χ1v) is 8.48. The Morgan fingerprint density at radius 2 is 1.91 bits per heavy atom. The van der Waals surface area contributed by atoms with Gasteiger partial charge in [0.1, 0.15) is 5.70 Å². The standard InChI is InChI=1S/C18H20N2O2S/c1-2-3-11-19-18(22)16(13-15-10-7-12-23-15)20-17(21)14-8-5-4-6-9-14/h4-10,12-13H,2-3,11H2,1H3,(H,19,22)(H,20,21)/b16-13-. The third-order valence-corrected chi connectivity index (χ3v) is 3.99. The predicted octanol–water partition coefficient (Wildman–Crippen LogP) is 3.44. The van der Waals surface area contributed by atoms with Crippen molar-refractivity contribution < 1.29 is 9.59 Å². The maximum atomic E-state index is 12.3. The highest BCUT2D eigenvalue weighted by Gasteiger charge is 2.14. The van der Waals surface area contributed by atoms with Crippen LogP contribution in [-0.2, 0) is 4.79 Å². The Labute approximate surface area is 140 Å². The molecule has 1 aromatic carbocycles. The Balaban J connectivity index is 2.13. The quantitative estimate of drug-likeness (QED) is 0.604. The van der Waals surface area contributed by atoms with Gasteiger partial charge in [-0.25, -0.2) is 0 Å². The number of hydrogen-bond donors (Lipinski definition) is 2. The zero-order valence-electron chi connectivity index (χ0n) is 13.0. The normalized spacial score (nSPS) is 11.1. The molecule has 1 heterocycles. The molecule has 5 heteroatoms. The van der Waals surface area contributed by atoms with Crippen molar-refractivity contribution in [1.29, 1.82) is 0 Å². The lowest BCUT2D eigenvalue weighted by Crippen LogP contribution is -2.35. The number of hydrogen-bond acceptors (Lipinski definition) is 3. The minimum absolute atomic E-state index is 0.261. The number of unbranched alkanes of at least 4 members (excludes halogenated alkanes) is 1. The highest BCUT2D eigenvalue weighted by molar-refractivity contribution is 7.10. The summed E-state index contributed by atoms with van der Waals surface area (Å²) < 4.78 is 0. The summed E-state index contributed by atoms with van der Waals surface area (Å²) in [7, 11) is 0. The zero-order valence-corrected chi connectivity index (χ0v) is 13.9. The van der Waals surface area contributed by atoms with E-state index in [4.69, 9.17) is 0 Å². The van der Waals surface area contributed by atoms with E-state index >= 15 is 0 Å². The van der Waals surface area contributed by atoms with Crippen molar-refractivity contribution in [3.8, 4) is 0 Å². The number of rotatable bonds is 7. The number of benzene rings is 1. The second-order valence-corrected chi connectivity index (χ2v) is 5.98. The van der Waals surface area contributed by atoms with Crippen molar-refractivity contribution >= 4 is 29.2 Å². The Kier molecular flexibility index (Phi) is 6.56. The Morgan fingerprint density at radius 3 is 2.57 bits per heavy atom. The molecule has 0 aliphatic carbocycles. The SMILES string of the molecule is CCCCNC(=O)/C(=C/c1cccs1)NC(=O)c1ccccc1. The molecule has 120 valence electrons. The molecular weight excluding hydrogens is 308 g/mol. The summed E-state index contributed by atoms with van der Waals surface area (Å²) in [5.74, 6) is -0.560. The monoisotopic (exact) mass is 328 g/mol. The van der Waals surface area contributed by atoms with Gasteiger partial charge in [-0.1, -0.05) is 37.6 Å². The molecule has 0 unspecified atom stereocenters. The largest absolute Gasteiger partial charge is 0.351 e. The van der Waals surface area contributed by atoms with Crippen LogP contribution in [0, 0.1) is 0 Å². The van der Waals surface area contributed by atoms with Crippen molar-refractivity contribution in [3.63, 3.8) is 0 Å². The molecule has 0 aliphatic rings. The molecule has 0 fully saturated rings. The highest BCUT2D eigenvalue weighted by Crippen LogP contribution is 2.13. The molecule has 23 heavy (non-hydrogen) atoms. The van der Waals surface area contributed by atoms with Crippen LogP contribution < -0.4 is 10.6 Å². The molecular formula is C18H20N2O2S. The second kappa shape index (κ2) is 8.90. The van der Waals surface area contributed by atoms with Gasteiger partial charge in [0, 0.05) is 17.0 Å². The summed E-state index contributed by atoms with van der Waals surface area (Å²) in [4.78, 5) is 25.5. The first-order valence-electron chi connectivity index (χ1n) is 7.60. The van der Waals surface area contributed by atoms with Gasteiger partial charge in [-0.3, -0.25) is 9.59 Å². The topological polar surface area (TPSA) is 58.2 Å². The van der Waals surface area contributed by atoms with Gasteiger partial charge in [0.15, 0.2) is 0 Å². The van der Waals surface area contributed by atoms with Crippen LogP contribution in [0.5, 0.6) is 0 Å². The van der Waals surface area contributed by atoms with Crippen LogP contribution in [0.25, 0.3) is 6.08 Å². The van der Waals surface area contributed by atoms with Crippen molar-refractivity contribution in [2.45, 2.75) is 19.8 Å². The predicted molar refractivity (Wildman–Crippen MR) is 94.1 cm³/mol. The van der Waals surface area contributed by atoms with Crippen molar-refractivity contribution in [3.05, 3.63) is 64.0 Å². The summed E-state index contributed by atoms with van der Waals surface area (Å²) in [6, 6.07) is 12.7. The van der Waals surface area contributed by atoms with Crippen LogP contribution in [0.15, 0.2) is 53.5 Å². The van der Waals surface area contributed by atoms with Gasteiger partial charge in [0.2, 0.25) is 0 Å². The molecule has 0 atom stereocenters. The minimum atomic E-state index is -0.293.